The van der Waals surface area contributed by atoms with Crippen molar-refractivity contribution in [3.05, 3.63) is 34.9 Å². The van der Waals surface area contributed by atoms with Gasteiger partial charge in [0.05, 0.1) is 0 Å². The van der Waals surface area contributed by atoms with Crippen molar-refractivity contribution in [3.63, 3.8) is 0 Å². The van der Waals surface area contributed by atoms with Crippen LogP contribution in [-0.4, -0.2) is 0 Å². The lowest BCUT2D eigenvalue weighted by Gasteiger charge is -2.23. The van der Waals surface area contributed by atoms with Crippen molar-refractivity contribution < 1.29 is 0 Å². The molecule has 0 nitrogen and oxygen atoms in total. The van der Waals surface area contributed by atoms with Crippen molar-refractivity contribution in [2.75, 3.05) is 0 Å². The fraction of sp³-hybridized carbons (Fsp3) is 0.467. The van der Waals surface area contributed by atoms with Crippen LogP contribution in [0.5, 0.6) is 0 Å². The molecule has 0 radical (unpaired) electrons. The van der Waals surface area contributed by atoms with Gasteiger partial charge in [-0.25, -0.2) is 0 Å². The van der Waals surface area contributed by atoms with Crippen LogP contribution in [0.2, 0.25) is 0 Å². The quantitative estimate of drug-likeness (QED) is 0.599. The van der Waals surface area contributed by atoms with Gasteiger partial charge in [0, 0.05) is 5.56 Å². The minimum Gasteiger partial charge on any atom is -0.115 e. The van der Waals surface area contributed by atoms with Gasteiger partial charge in [0.15, 0.2) is 0 Å². The monoisotopic (exact) mass is 200 g/mol. The Hall–Kier alpha value is -1.22. The molecule has 80 valence electrons. The third kappa shape index (κ3) is 2.42. The first-order valence-corrected chi connectivity index (χ1v) is 5.48. The topological polar surface area (TPSA) is 0 Å². The summed E-state index contributed by atoms with van der Waals surface area (Å²) in [6, 6.07) is 6.38. The number of hydrogen-bond acceptors (Lipinski definition) is 0. The van der Waals surface area contributed by atoms with E-state index in [4.69, 9.17) is 6.42 Å². The van der Waals surface area contributed by atoms with Crippen molar-refractivity contribution in [2.45, 2.75) is 46.0 Å². The van der Waals surface area contributed by atoms with Crippen LogP contribution in [0.3, 0.4) is 0 Å². The van der Waals surface area contributed by atoms with Crippen molar-refractivity contribution >= 4 is 0 Å². The average Bonchev–Trinajstić information content (AvgIpc) is 2.15. The first kappa shape index (κ1) is 11.9. The van der Waals surface area contributed by atoms with E-state index in [1.807, 2.05) is 0 Å². The van der Waals surface area contributed by atoms with E-state index in [0.29, 0.717) is 5.92 Å². The minimum absolute atomic E-state index is 0.118. The third-order valence-electron chi connectivity index (χ3n) is 2.67. The maximum Gasteiger partial charge on any atom is 0.0314 e. The van der Waals surface area contributed by atoms with E-state index in [2.05, 4.69) is 58.7 Å². The van der Waals surface area contributed by atoms with Crippen LogP contribution in [0.25, 0.3) is 0 Å². The summed E-state index contributed by atoms with van der Waals surface area (Å²) >= 11 is 0. The molecule has 0 aliphatic carbocycles. The van der Waals surface area contributed by atoms with Gasteiger partial charge in [-0.2, -0.15) is 0 Å². The molecule has 0 amide bonds. The van der Waals surface area contributed by atoms with Gasteiger partial charge in [0.1, 0.15) is 0 Å². The van der Waals surface area contributed by atoms with E-state index in [9.17, 15) is 0 Å². The number of benzene rings is 1. The van der Waals surface area contributed by atoms with E-state index in [1.165, 1.54) is 11.1 Å². The highest BCUT2D eigenvalue weighted by Crippen LogP contribution is 2.30. The maximum atomic E-state index is 5.64. The molecule has 0 saturated carbocycles. The lowest BCUT2D eigenvalue weighted by Crippen LogP contribution is -2.14. The zero-order chi connectivity index (χ0) is 11.6. The van der Waals surface area contributed by atoms with Crippen LogP contribution in [0.1, 0.15) is 57.2 Å². The minimum atomic E-state index is 0.118. The smallest absolute Gasteiger partial charge is 0.0314 e. The molecule has 0 aliphatic rings. The molecule has 0 spiro atoms. The highest BCUT2D eigenvalue weighted by Gasteiger charge is 2.19. The first-order chi connectivity index (χ1) is 6.88. The molecule has 1 rings (SSSR count). The Morgan fingerprint density at radius 2 is 1.80 bits per heavy atom. The van der Waals surface area contributed by atoms with Crippen molar-refractivity contribution in [2.24, 2.45) is 0 Å². The molecule has 0 heterocycles. The molecule has 0 saturated heterocycles. The van der Waals surface area contributed by atoms with E-state index in [1.54, 1.807) is 0 Å². The molecular formula is C15H20. The molecule has 0 aliphatic heterocycles. The summed E-state index contributed by atoms with van der Waals surface area (Å²) in [5, 5.41) is 0. The molecule has 0 unspecified atom stereocenters. The van der Waals surface area contributed by atoms with Gasteiger partial charge in [-0.15, -0.1) is 6.42 Å². The van der Waals surface area contributed by atoms with Crippen LogP contribution in [0, 0.1) is 12.3 Å². The van der Waals surface area contributed by atoms with Crippen LogP contribution < -0.4 is 0 Å². The molecule has 0 fully saturated rings. The Labute approximate surface area is 93.7 Å². The first-order valence-electron chi connectivity index (χ1n) is 5.48. The van der Waals surface area contributed by atoms with Crippen molar-refractivity contribution in [1.82, 2.24) is 0 Å². The van der Waals surface area contributed by atoms with Gasteiger partial charge in [-0.05, 0) is 22.5 Å². The van der Waals surface area contributed by atoms with Gasteiger partial charge in [-0.3, -0.25) is 0 Å². The Kier molecular flexibility index (Phi) is 3.25. The van der Waals surface area contributed by atoms with E-state index in [-0.39, 0.29) is 5.41 Å². The average molecular weight is 200 g/mol. The summed E-state index contributed by atoms with van der Waals surface area (Å²) < 4.78 is 0. The fourth-order valence-corrected chi connectivity index (χ4v) is 1.84. The fourth-order valence-electron chi connectivity index (χ4n) is 1.84. The summed E-state index contributed by atoms with van der Waals surface area (Å²) in [7, 11) is 0. The van der Waals surface area contributed by atoms with Crippen LogP contribution in [-0.2, 0) is 5.41 Å². The lowest BCUT2D eigenvalue weighted by molar-refractivity contribution is 0.587. The molecule has 0 bridgehead atoms. The zero-order valence-electron chi connectivity index (χ0n) is 10.4. The van der Waals surface area contributed by atoms with E-state index in [0.717, 1.165) is 5.56 Å². The van der Waals surface area contributed by atoms with Gasteiger partial charge in [0.25, 0.3) is 0 Å². The molecule has 0 aromatic heterocycles. The Morgan fingerprint density at radius 1 is 1.20 bits per heavy atom. The summed E-state index contributed by atoms with van der Waals surface area (Å²) in [5.74, 6) is 3.34. The molecule has 15 heavy (non-hydrogen) atoms. The van der Waals surface area contributed by atoms with E-state index >= 15 is 0 Å². The highest BCUT2D eigenvalue weighted by molar-refractivity contribution is 5.50. The Morgan fingerprint density at radius 3 is 2.20 bits per heavy atom. The SMILES string of the molecule is C#Cc1c(C(C)C)cccc1C(C)(C)C. The molecule has 1 aromatic carbocycles. The Bertz CT molecular complexity index is 383. The zero-order valence-corrected chi connectivity index (χ0v) is 10.4. The summed E-state index contributed by atoms with van der Waals surface area (Å²) in [6.07, 6.45) is 5.64. The van der Waals surface area contributed by atoms with Gasteiger partial charge < -0.3 is 0 Å². The maximum absolute atomic E-state index is 5.64. The standard InChI is InChI=1S/C15H20/c1-7-12-13(11(2)3)9-8-10-14(12)15(4,5)6/h1,8-11H,2-6H3. The second-order valence-corrected chi connectivity index (χ2v) is 5.32. The van der Waals surface area contributed by atoms with Gasteiger partial charge in [0.2, 0.25) is 0 Å². The van der Waals surface area contributed by atoms with Gasteiger partial charge in [-0.1, -0.05) is 58.7 Å². The molecule has 0 N–H and O–H groups in total. The van der Waals surface area contributed by atoms with Crippen molar-refractivity contribution in [1.29, 1.82) is 0 Å². The number of rotatable bonds is 1. The van der Waals surface area contributed by atoms with Crippen LogP contribution in [0.4, 0.5) is 0 Å². The van der Waals surface area contributed by atoms with Crippen LogP contribution in [0.15, 0.2) is 18.2 Å². The second kappa shape index (κ2) is 4.11. The number of terminal acetylenes is 1. The van der Waals surface area contributed by atoms with Crippen LogP contribution >= 0.6 is 0 Å². The van der Waals surface area contributed by atoms with E-state index < -0.39 is 0 Å². The normalized spacial score (nSPS) is 11.5. The molecule has 0 heteroatoms. The Balaban J connectivity index is 3.44. The predicted octanol–water partition coefficient (Wildman–Crippen LogP) is 4.09. The summed E-state index contributed by atoms with van der Waals surface area (Å²) in [6.45, 7) is 11.0. The molecule has 1 aromatic rings. The predicted molar refractivity (Wildman–Crippen MR) is 67.2 cm³/mol. The van der Waals surface area contributed by atoms with Crippen molar-refractivity contribution in [3.8, 4) is 12.3 Å². The number of hydrogen-bond donors (Lipinski definition) is 0. The highest BCUT2D eigenvalue weighted by atomic mass is 14.2. The lowest BCUT2D eigenvalue weighted by atomic mass is 9.80. The summed E-state index contributed by atoms with van der Waals surface area (Å²) in [4.78, 5) is 0. The largest absolute Gasteiger partial charge is 0.115 e. The van der Waals surface area contributed by atoms with Gasteiger partial charge >= 0.3 is 0 Å². The molecular weight excluding hydrogens is 180 g/mol. The summed E-state index contributed by atoms with van der Waals surface area (Å²) in [5.41, 5.74) is 3.76. The third-order valence-corrected chi connectivity index (χ3v) is 2.67. The second-order valence-electron chi connectivity index (χ2n) is 5.32. The molecule has 0 atom stereocenters.